The summed E-state index contributed by atoms with van der Waals surface area (Å²) in [5.74, 6) is -0.202. The molecular formula is C23H25N3O3. The lowest BCUT2D eigenvalue weighted by molar-refractivity contribution is -0.118. The fourth-order valence-electron chi connectivity index (χ4n) is 4.30. The summed E-state index contributed by atoms with van der Waals surface area (Å²) in [5, 5.41) is 15.5. The van der Waals surface area contributed by atoms with Crippen LogP contribution in [0.3, 0.4) is 0 Å². The van der Waals surface area contributed by atoms with Crippen molar-refractivity contribution in [3.8, 4) is 5.75 Å². The number of rotatable bonds is 4. The molecule has 0 spiro atoms. The molecular weight excluding hydrogens is 366 g/mol. The highest BCUT2D eigenvalue weighted by atomic mass is 16.3. The molecule has 6 nitrogen and oxygen atoms in total. The molecule has 0 saturated heterocycles. The molecule has 0 atom stereocenters. The van der Waals surface area contributed by atoms with Crippen LogP contribution in [0, 0.1) is 13.8 Å². The Kier molecular flexibility index (Phi) is 5.09. The van der Waals surface area contributed by atoms with Crippen LogP contribution in [0.2, 0.25) is 0 Å². The number of hydrogen-bond donors (Lipinski definition) is 3. The Morgan fingerprint density at radius 1 is 1.14 bits per heavy atom. The second-order valence-corrected chi connectivity index (χ2v) is 7.84. The zero-order chi connectivity index (χ0) is 20.5. The largest absolute Gasteiger partial charge is 0.508 e. The molecule has 4 rings (SSSR count). The fourth-order valence-corrected chi connectivity index (χ4v) is 4.30. The van der Waals surface area contributed by atoms with Crippen molar-refractivity contribution >= 4 is 23.3 Å². The molecule has 6 heteroatoms. The van der Waals surface area contributed by atoms with E-state index in [0.717, 1.165) is 48.8 Å². The van der Waals surface area contributed by atoms with Gasteiger partial charge in [-0.25, -0.2) is 0 Å². The molecule has 0 aromatic heterocycles. The third-order valence-corrected chi connectivity index (χ3v) is 5.78. The number of aliphatic imine (C=N–C) groups is 1. The number of aromatic hydroxyl groups is 1. The monoisotopic (exact) mass is 391 g/mol. The van der Waals surface area contributed by atoms with Crippen LogP contribution in [0.4, 0.5) is 5.69 Å². The number of hydrogen-bond acceptors (Lipinski definition) is 4. The van der Waals surface area contributed by atoms with Crippen molar-refractivity contribution < 1.29 is 14.7 Å². The van der Waals surface area contributed by atoms with E-state index in [4.69, 9.17) is 0 Å². The first kappa shape index (κ1) is 19.2. The molecule has 0 fully saturated rings. The molecule has 3 N–H and O–H groups in total. The van der Waals surface area contributed by atoms with Crippen molar-refractivity contribution in [3.05, 3.63) is 57.6 Å². The summed E-state index contributed by atoms with van der Waals surface area (Å²) in [4.78, 5) is 27.4. The number of carbonyl (C=O) groups is 2. The molecule has 1 aliphatic heterocycles. The molecule has 0 radical (unpaired) electrons. The maximum atomic E-state index is 12.3. The number of phenolic OH excluding ortho intramolecular Hbond substituents is 1. The third-order valence-electron chi connectivity index (χ3n) is 5.78. The van der Waals surface area contributed by atoms with E-state index in [-0.39, 0.29) is 18.3 Å². The van der Waals surface area contributed by atoms with Gasteiger partial charge in [0.25, 0.3) is 5.91 Å². The summed E-state index contributed by atoms with van der Waals surface area (Å²) >= 11 is 0. The number of anilines is 1. The zero-order valence-corrected chi connectivity index (χ0v) is 16.8. The third kappa shape index (κ3) is 3.88. The smallest absolute Gasteiger partial charge is 0.291 e. The lowest BCUT2D eigenvalue weighted by atomic mass is 9.84. The predicted octanol–water partition coefficient (Wildman–Crippen LogP) is 2.95. The molecule has 0 unspecified atom stereocenters. The van der Waals surface area contributed by atoms with Crippen molar-refractivity contribution in [2.24, 2.45) is 4.99 Å². The van der Waals surface area contributed by atoms with Crippen LogP contribution in [0.1, 0.15) is 46.2 Å². The van der Waals surface area contributed by atoms with Gasteiger partial charge in [0.2, 0.25) is 5.91 Å². The van der Waals surface area contributed by atoms with Crippen LogP contribution in [0.15, 0.2) is 29.3 Å². The van der Waals surface area contributed by atoms with Gasteiger partial charge in [-0.3, -0.25) is 14.6 Å². The number of nitrogens with zero attached hydrogens (tertiary/aromatic N) is 1. The highest BCUT2D eigenvalue weighted by molar-refractivity contribution is 6.45. The summed E-state index contributed by atoms with van der Waals surface area (Å²) in [6.45, 7) is 4.08. The van der Waals surface area contributed by atoms with Crippen LogP contribution in [-0.4, -0.2) is 29.3 Å². The topological polar surface area (TPSA) is 90.8 Å². The van der Waals surface area contributed by atoms with Crippen LogP contribution in [0.25, 0.3) is 0 Å². The van der Waals surface area contributed by atoms with Gasteiger partial charge < -0.3 is 15.7 Å². The molecule has 2 aliphatic rings. The number of amidine groups is 1. The quantitative estimate of drug-likeness (QED) is 0.748. The van der Waals surface area contributed by atoms with Crippen molar-refractivity contribution in [3.63, 3.8) is 0 Å². The first-order chi connectivity index (χ1) is 13.9. The predicted molar refractivity (Wildman–Crippen MR) is 113 cm³/mol. The van der Waals surface area contributed by atoms with Crippen LogP contribution in [0.5, 0.6) is 5.75 Å². The lowest BCUT2D eigenvalue weighted by Gasteiger charge is -2.22. The summed E-state index contributed by atoms with van der Waals surface area (Å²) in [5.41, 5.74) is 7.77. The van der Waals surface area contributed by atoms with Gasteiger partial charge >= 0.3 is 0 Å². The van der Waals surface area contributed by atoms with Crippen LogP contribution in [-0.2, 0) is 28.9 Å². The zero-order valence-electron chi connectivity index (χ0n) is 16.8. The fraction of sp³-hybridized carbons (Fsp3) is 0.348. The van der Waals surface area contributed by atoms with E-state index in [1.54, 1.807) is 0 Å². The van der Waals surface area contributed by atoms with Crippen molar-refractivity contribution in [1.29, 1.82) is 0 Å². The van der Waals surface area contributed by atoms with E-state index in [1.165, 1.54) is 16.7 Å². The molecule has 0 bridgehead atoms. The number of aryl methyl sites for hydroxylation is 2. The Balaban J connectivity index is 1.57. The highest BCUT2D eigenvalue weighted by Gasteiger charge is 2.21. The van der Waals surface area contributed by atoms with Gasteiger partial charge in [-0.05, 0) is 97.5 Å². The maximum absolute atomic E-state index is 12.3. The first-order valence-electron chi connectivity index (χ1n) is 10.0. The van der Waals surface area contributed by atoms with Gasteiger partial charge in [0.05, 0.1) is 0 Å². The molecule has 150 valence electrons. The first-order valence-corrected chi connectivity index (χ1v) is 10.0. The molecule has 2 aromatic rings. The van der Waals surface area contributed by atoms with Crippen molar-refractivity contribution in [2.75, 3.05) is 11.9 Å². The number of nitrogens with one attached hydrogen (secondary N) is 2. The van der Waals surface area contributed by atoms with Gasteiger partial charge in [0.1, 0.15) is 12.3 Å². The molecule has 0 saturated carbocycles. The van der Waals surface area contributed by atoms with Gasteiger partial charge in [-0.2, -0.15) is 0 Å². The van der Waals surface area contributed by atoms with E-state index >= 15 is 0 Å². The van der Waals surface area contributed by atoms with E-state index in [2.05, 4.69) is 15.6 Å². The van der Waals surface area contributed by atoms with Gasteiger partial charge in [-0.15, -0.1) is 0 Å². The van der Waals surface area contributed by atoms with E-state index in [9.17, 15) is 14.7 Å². The lowest BCUT2D eigenvalue weighted by Crippen LogP contribution is -2.35. The standard InChI is InChI=1S/C23H25N3O3/c1-13-9-16(25-23(29)22-24-12-21(28)26-22)10-14(2)19(13)11-15-7-8-20(27)18-6-4-3-5-17(15)18/h7-10,27H,3-6,11-12H2,1-2H3,(H,25,29)(H,24,26,28). The summed E-state index contributed by atoms with van der Waals surface area (Å²) in [6, 6.07) is 7.75. The second-order valence-electron chi connectivity index (χ2n) is 7.84. The molecule has 2 amide bonds. The van der Waals surface area contributed by atoms with Gasteiger partial charge in [0, 0.05) is 5.69 Å². The average molecular weight is 391 g/mol. The molecule has 1 aliphatic carbocycles. The van der Waals surface area contributed by atoms with Gasteiger partial charge in [0.15, 0.2) is 5.84 Å². The minimum absolute atomic E-state index is 0.00328. The van der Waals surface area contributed by atoms with Crippen molar-refractivity contribution in [1.82, 2.24) is 5.32 Å². The highest BCUT2D eigenvalue weighted by Crippen LogP contribution is 2.33. The minimum atomic E-state index is -0.407. The van der Waals surface area contributed by atoms with E-state index in [1.807, 2.05) is 38.1 Å². The van der Waals surface area contributed by atoms with Crippen molar-refractivity contribution in [2.45, 2.75) is 46.0 Å². The number of fused-ring (bicyclic) bond motifs is 1. The summed E-state index contributed by atoms with van der Waals surface area (Å²) < 4.78 is 0. The van der Waals surface area contributed by atoms with Crippen LogP contribution >= 0.6 is 0 Å². The van der Waals surface area contributed by atoms with E-state index in [0.29, 0.717) is 11.4 Å². The molecule has 1 heterocycles. The Morgan fingerprint density at radius 3 is 2.48 bits per heavy atom. The molecule has 29 heavy (non-hydrogen) atoms. The minimum Gasteiger partial charge on any atom is -0.508 e. The summed E-state index contributed by atoms with van der Waals surface area (Å²) in [6.07, 6.45) is 5.05. The van der Waals surface area contributed by atoms with E-state index < -0.39 is 5.91 Å². The second kappa shape index (κ2) is 7.70. The maximum Gasteiger partial charge on any atom is 0.291 e. The van der Waals surface area contributed by atoms with Crippen LogP contribution < -0.4 is 10.6 Å². The Hall–Kier alpha value is -3.15. The number of amides is 2. The van der Waals surface area contributed by atoms with Gasteiger partial charge in [-0.1, -0.05) is 6.07 Å². The number of benzene rings is 2. The molecule has 2 aromatic carbocycles. The summed E-state index contributed by atoms with van der Waals surface area (Å²) in [7, 11) is 0. The normalized spacial score (nSPS) is 15.5. The Bertz CT molecular complexity index is 1020. The SMILES string of the molecule is Cc1cc(NC(=O)C2=NCC(=O)N2)cc(C)c1Cc1ccc(O)c2c1CCCC2. The average Bonchev–Trinajstić information content (AvgIpc) is 3.13. The number of phenols is 1. The Morgan fingerprint density at radius 2 is 1.83 bits per heavy atom. The number of carbonyl (C=O) groups excluding carboxylic acids is 2. The Labute approximate surface area is 170 Å².